The molecule has 1 fully saturated rings. The number of phenols is 1. The Kier molecular flexibility index (Phi) is 3.39. The van der Waals surface area contributed by atoms with Gasteiger partial charge in [0.15, 0.2) is 0 Å². The van der Waals surface area contributed by atoms with Crippen molar-refractivity contribution in [2.75, 3.05) is 5.32 Å². The number of guanidine groups is 1. The van der Waals surface area contributed by atoms with Gasteiger partial charge in [0.1, 0.15) is 11.4 Å². The summed E-state index contributed by atoms with van der Waals surface area (Å²) in [7, 11) is 0. The van der Waals surface area contributed by atoms with Crippen LogP contribution in [0.25, 0.3) is 0 Å². The average Bonchev–Trinajstić information content (AvgIpc) is 3.33. The van der Waals surface area contributed by atoms with Gasteiger partial charge in [-0.05, 0) is 54.5 Å². The molecule has 22 heavy (non-hydrogen) atoms. The Morgan fingerprint density at radius 3 is 2.73 bits per heavy atom. The van der Waals surface area contributed by atoms with Crippen LogP contribution in [0, 0.1) is 0 Å². The second-order valence-corrected chi connectivity index (χ2v) is 6.74. The first-order chi connectivity index (χ1) is 10.7. The molecule has 0 saturated heterocycles. The molecule has 0 radical (unpaired) electrons. The van der Waals surface area contributed by atoms with Crippen LogP contribution < -0.4 is 10.0 Å². The zero-order chi connectivity index (χ0) is 15.1. The second kappa shape index (κ2) is 5.41. The summed E-state index contributed by atoms with van der Waals surface area (Å²) in [5.41, 5.74) is 2.90. The fraction of sp³-hybridized carbons (Fsp3) is 0.188. The monoisotopic (exact) mass is 331 g/mol. The van der Waals surface area contributed by atoms with Gasteiger partial charge in [0, 0.05) is 16.8 Å². The van der Waals surface area contributed by atoms with Gasteiger partial charge in [-0.3, -0.25) is 4.72 Å². The average molecular weight is 332 g/mol. The van der Waals surface area contributed by atoms with Gasteiger partial charge in [0.2, 0.25) is 5.96 Å². The second-order valence-electron chi connectivity index (χ2n) is 5.46. The number of phenolic OH excluding ortho intramolecular Hbond substituents is 1. The van der Waals surface area contributed by atoms with E-state index in [4.69, 9.17) is 11.6 Å². The molecule has 4 rings (SSSR count). The van der Waals surface area contributed by atoms with Crippen LogP contribution in [0.15, 0.2) is 46.3 Å². The Labute approximate surface area is 137 Å². The van der Waals surface area contributed by atoms with Crippen molar-refractivity contribution in [3.05, 3.63) is 47.0 Å². The van der Waals surface area contributed by atoms with E-state index in [-0.39, 0.29) is 5.75 Å². The number of halogens is 1. The first-order valence-electron chi connectivity index (χ1n) is 7.10. The first kappa shape index (κ1) is 13.8. The van der Waals surface area contributed by atoms with E-state index in [1.807, 2.05) is 0 Å². The third-order valence-electron chi connectivity index (χ3n) is 3.72. The summed E-state index contributed by atoms with van der Waals surface area (Å²) in [6, 6.07) is 11.7. The molecular formula is C16H14ClN3OS. The van der Waals surface area contributed by atoms with Gasteiger partial charge in [-0.25, -0.2) is 4.99 Å². The summed E-state index contributed by atoms with van der Waals surface area (Å²) in [5.74, 6) is 1.43. The van der Waals surface area contributed by atoms with Crippen molar-refractivity contribution in [3.8, 4) is 5.75 Å². The van der Waals surface area contributed by atoms with Crippen molar-refractivity contribution in [1.82, 2.24) is 4.72 Å². The van der Waals surface area contributed by atoms with Crippen LogP contribution in [0.4, 0.5) is 11.4 Å². The van der Waals surface area contributed by atoms with Gasteiger partial charge in [0.25, 0.3) is 0 Å². The molecule has 1 aliphatic heterocycles. The van der Waals surface area contributed by atoms with Crippen LogP contribution in [-0.2, 0) is 0 Å². The molecule has 1 saturated carbocycles. The quantitative estimate of drug-likeness (QED) is 0.702. The van der Waals surface area contributed by atoms with Gasteiger partial charge >= 0.3 is 0 Å². The molecule has 0 unspecified atom stereocenters. The van der Waals surface area contributed by atoms with Crippen LogP contribution in [0.1, 0.15) is 24.3 Å². The molecule has 1 heterocycles. The van der Waals surface area contributed by atoms with Crippen LogP contribution in [0.3, 0.4) is 0 Å². The van der Waals surface area contributed by atoms with Crippen molar-refractivity contribution in [2.24, 2.45) is 4.99 Å². The minimum atomic E-state index is 0.0832. The molecule has 3 N–H and O–H groups in total. The minimum Gasteiger partial charge on any atom is -0.506 e. The summed E-state index contributed by atoms with van der Waals surface area (Å²) >= 11 is 7.30. The lowest BCUT2D eigenvalue weighted by molar-refractivity contribution is 0.475. The van der Waals surface area contributed by atoms with Crippen LogP contribution in [0.2, 0.25) is 5.02 Å². The third kappa shape index (κ3) is 2.74. The molecule has 0 atom stereocenters. The SMILES string of the molecule is Oc1cc(Cl)cc2c1N=C(Nc1ccc(C3CC3)cc1)NS2. The maximum atomic E-state index is 9.97. The Balaban J connectivity index is 1.56. The van der Waals surface area contributed by atoms with Crippen molar-refractivity contribution < 1.29 is 5.11 Å². The third-order valence-corrected chi connectivity index (χ3v) is 4.77. The number of fused-ring (bicyclic) bond motifs is 1. The highest BCUT2D eigenvalue weighted by atomic mass is 35.5. The molecule has 6 heteroatoms. The highest BCUT2D eigenvalue weighted by Gasteiger charge is 2.23. The molecule has 1 aliphatic carbocycles. The van der Waals surface area contributed by atoms with E-state index in [1.54, 1.807) is 6.07 Å². The number of nitrogens with one attached hydrogen (secondary N) is 2. The lowest BCUT2D eigenvalue weighted by Crippen LogP contribution is -2.26. The fourth-order valence-electron chi connectivity index (χ4n) is 2.43. The fourth-order valence-corrected chi connectivity index (χ4v) is 3.45. The number of aliphatic imine (C=N–C) groups is 1. The first-order valence-corrected chi connectivity index (χ1v) is 8.29. The van der Waals surface area contributed by atoms with Crippen molar-refractivity contribution in [2.45, 2.75) is 23.7 Å². The van der Waals surface area contributed by atoms with E-state index >= 15 is 0 Å². The van der Waals surface area contributed by atoms with Gasteiger partial charge in [-0.2, -0.15) is 0 Å². The number of rotatable bonds is 2. The molecule has 0 bridgehead atoms. The number of hydrogen-bond donors (Lipinski definition) is 3. The molecule has 112 valence electrons. The smallest absolute Gasteiger partial charge is 0.211 e. The zero-order valence-corrected chi connectivity index (χ0v) is 13.2. The van der Waals surface area contributed by atoms with Gasteiger partial charge in [-0.1, -0.05) is 23.7 Å². The topological polar surface area (TPSA) is 56.7 Å². The molecule has 2 aromatic rings. The number of hydrogen-bond acceptors (Lipinski definition) is 5. The van der Waals surface area contributed by atoms with Crippen LogP contribution in [0.5, 0.6) is 5.75 Å². The molecule has 4 nitrogen and oxygen atoms in total. The van der Waals surface area contributed by atoms with Crippen LogP contribution in [-0.4, -0.2) is 11.1 Å². The maximum Gasteiger partial charge on any atom is 0.211 e. The summed E-state index contributed by atoms with van der Waals surface area (Å²) in [6.07, 6.45) is 2.60. The Hall–Kier alpha value is -1.85. The molecule has 2 aromatic carbocycles. The standard InChI is InChI=1S/C16H14ClN3OS/c17-11-7-13(21)15-14(8-11)22-20-16(19-15)18-12-5-3-10(4-6-12)9-1-2-9/h3-9,21H,1-2H2,(H2,18,19,20). The lowest BCUT2D eigenvalue weighted by Gasteiger charge is -2.18. The highest BCUT2D eigenvalue weighted by Crippen LogP contribution is 2.41. The largest absolute Gasteiger partial charge is 0.506 e. The van der Waals surface area contributed by atoms with Crippen molar-refractivity contribution in [1.29, 1.82) is 0 Å². The molecule has 0 amide bonds. The summed E-state index contributed by atoms with van der Waals surface area (Å²) in [5, 5.41) is 13.7. The summed E-state index contributed by atoms with van der Waals surface area (Å²) in [6.45, 7) is 0. The van der Waals surface area contributed by atoms with E-state index in [9.17, 15) is 5.11 Å². The number of benzene rings is 2. The van der Waals surface area contributed by atoms with E-state index in [0.717, 1.165) is 16.5 Å². The minimum absolute atomic E-state index is 0.0832. The number of anilines is 1. The number of aromatic hydroxyl groups is 1. The van der Waals surface area contributed by atoms with Gasteiger partial charge < -0.3 is 10.4 Å². The maximum absolute atomic E-state index is 9.97. The normalized spacial score (nSPS) is 16.5. The van der Waals surface area contributed by atoms with Gasteiger partial charge in [0.05, 0.1) is 4.90 Å². The van der Waals surface area contributed by atoms with Crippen LogP contribution >= 0.6 is 23.5 Å². The van der Waals surface area contributed by atoms with Gasteiger partial charge in [-0.15, -0.1) is 0 Å². The summed E-state index contributed by atoms with van der Waals surface area (Å²) in [4.78, 5) is 5.22. The molecule has 2 aliphatic rings. The predicted molar refractivity (Wildman–Crippen MR) is 91.2 cm³/mol. The van der Waals surface area contributed by atoms with E-state index in [0.29, 0.717) is 16.7 Å². The van der Waals surface area contributed by atoms with E-state index < -0.39 is 0 Å². The Bertz CT molecular complexity index is 757. The van der Waals surface area contributed by atoms with Crippen molar-refractivity contribution in [3.63, 3.8) is 0 Å². The molecule has 0 aromatic heterocycles. The Morgan fingerprint density at radius 2 is 2.00 bits per heavy atom. The summed E-state index contributed by atoms with van der Waals surface area (Å²) < 4.78 is 3.11. The molecule has 0 spiro atoms. The van der Waals surface area contributed by atoms with E-state index in [1.165, 1.54) is 36.4 Å². The lowest BCUT2D eigenvalue weighted by atomic mass is 10.1. The number of nitrogens with zero attached hydrogens (tertiary/aromatic N) is 1. The predicted octanol–water partition coefficient (Wildman–Crippen LogP) is 4.63. The van der Waals surface area contributed by atoms with Crippen molar-refractivity contribution >= 4 is 40.9 Å². The highest BCUT2D eigenvalue weighted by molar-refractivity contribution is 7.98. The Morgan fingerprint density at radius 1 is 1.23 bits per heavy atom. The van der Waals surface area contributed by atoms with E-state index in [2.05, 4.69) is 39.3 Å². The molecular weight excluding hydrogens is 318 g/mol. The zero-order valence-electron chi connectivity index (χ0n) is 11.6.